The standard InChI is InChI=1S/C13H15NO3/c1-8-4-5-10-11(13(8)16-3)6-7-12(10)14-17-9(2)15/h4-5H,6-7H2,1-3H3/b14-12+. The molecule has 0 aromatic heterocycles. The van der Waals surface area contributed by atoms with Gasteiger partial charge in [0.25, 0.3) is 0 Å². The molecule has 0 N–H and O–H groups in total. The zero-order valence-corrected chi connectivity index (χ0v) is 10.2. The first-order valence-electron chi connectivity index (χ1n) is 5.54. The summed E-state index contributed by atoms with van der Waals surface area (Å²) < 4.78 is 5.40. The molecular weight excluding hydrogens is 218 g/mol. The van der Waals surface area contributed by atoms with Crippen molar-refractivity contribution in [2.24, 2.45) is 5.16 Å². The van der Waals surface area contributed by atoms with E-state index in [1.54, 1.807) is 7.11 Å². The maximum Gasteiger partial charge on any atom is 0.331 e. The molecule has 1 aromatic carbocycles. The molecule has 2 rings (SSSR count). The number of fused-ring (bicyclic) bond motifs is 1. The maximum atomic E-state index is 10.7. The van der Waals surface area contributed by atoms with Crippen molar-refractivity contribution in [1.82, 2.24) is 0 Å². The smallest absolute Gasteiger partial charge is 0.331 e. The number of aryl methyl sites for hydroxylation is 1. The summed E-state index contributed by atoms with van der Waals surface area (Å²) in [5, 5.41) is 3.88. The van der Waals surface area contributed by atoms with Gasteiger partial charge in [-0.1, -0.05) is 17.3 Å². The summed E-state index contributed by atoms with van der Waals surface area (Å²) in [6.07, 6.45) is 1.66. The fourth-order valence-electron chi connectivity index (χ4n) is 2.14. The van der Waals surface area contributed by atoms with Gasteiger partial charge in [0, 0.05) is 18.1 Å². The fraction of sp³-hybridized carbons (Fsp3) is 0.385. The van der Waals surface area contributed by atoms with E-state index < -0.39 is 5.97 Å². The number of oxime groups is 1. The van der Waals surface area contributed by atoms with Crippen molar-refractivity contribution in [3.8, 4) is 5.75 Å². The van der Waals surface area contributed by atoms with Crippen LogP contribution in [0.2, 0.25) is 0 Å². The molecule has 0 fully saturated rings. The second-order valence-electron chi connectivity index (χ2n) is 4.06. The van der Waals surface area contributed by atoms with Gasteiger partial charge in [-0.05, 0) is 25.3 Å². The van der Waals surface area contributed by atoms with E-state index in [1.807, 2.05) is 19.1 Å². The Morgan fingerprint density at radius 1 is 1.35 bits per heavy atom. The summed E-state index contributed by atoms with van der Waals surface area (Å²) >= 11 is 0. The average molecular weight is 233 g/mol. The number of nitrogens with zero attached hydrogens (tertiary/aromatic N) is 1. The third-order valence-corrected chi connectivity index (χ3v) is 2.87. The SMILES string of the molecule is COc1c(C)ccc2c1CC/C2=N\OC(C)=O. The summed E-state index contributed by atoms with van der Waals surface area (Å²) in [7, 11) is 1.67. The molecular formula is C13H15NO3. The first kappa shape index (κ1) is 11.6. The van der Waals surface area contributed by atoms with E-state index in [-0.39, 0.29) is 0 Å². The zero-order chi connectivity index (χ0) is 12.4. The molecule has 17 heavy (non-hydrogen) atoms. The lowest BCUT2D eigenvalue weighted by atomic mass is 10.1. The average Bonchev–Trinajstić information content (AvgIpc) is 2.69. The Bertz CT molecular complexity index is 492. The Morgan fingerprint density at radius 3 is 2.76 bits per heavy atom. The molecule has 0 unspecified atom stereocenters. The Kier molecular flexibility index (Phi) is 3.13. The lowest BCUT2D eigenvalue weighted by Crippen LogP contribution is -2.00. The normalized spacial score (nSPS) is 15.8. The van der Waals surface area contributed by atoms with Crippen molar-refractivity contribution in [2.75, 3.05) is 7.11 Å². The molecule has 0 aliphatic heterocycles. The molecule has 0 heterocycles. The highest BCUT2D eigenvalue weighted by atomic mass is 16.7. The molecule has 0 amide bonds. The quantitative estimate of drug-likeness (QED) is 0.581. The van der Waals surface area contributed by atoms with Crippen LogP contribution < -0.4 is 4.74 Å². The molecule has 0 saturated heterocycles. The van der Waals surface area contributed by atoms with Crippen molar-refractivity contribution in [1.29, 1.82) is 0 Å². The van der Waals surface area contributed by atoms with Gasteiger partial charge < -0.3 is 9.57 Å². The second-order valence-corrected chi connectivity index (χ2v) is 4.06. The van der Waals surface area contributed by atoms with E-state index in [1.165, 1.54) is 6.92 Å². The van der Waals surface area contributed by atoms with Crippen LogP contribution in [0.1, 0.15) is 30.0 Å². The minimum atomic E-state index is -0.398. The molecule has 0 saturated carbocycles. The van der Waals surface area contributed by atoms with Gasteiger partial charge in [0.15, 0.2) is 0 Å². The van der Waals surface area contributed by atoms with Gasteiger partial charge >= 0.3 is 5.97 Å². The lowest BCUT2D eigenvalue weighted by Gasteiger charge is -2.09. The first-order valence-corrected chi connectivity index (χ1v) is 5.54. The molecule has 4 heteroatoms. The third-order valence-electron chi connectivity index (χ3n) is 2.87. The summed E-state index contributed by atoms with van der Waals surface area (Å²) in [5.41, 5.74) is 4.10. The van der Waals surface area contributed by atoms with Gasteiger partial charge in [-0.25, -0.2) is 4.79 Å². The van der Waals surface area contributed by atoms with Crippen molar-refractivity contribution in [2.45, 2.75) is 26.7 Å². The van der Waals surface area contributed by atoms with Gasteiger partial charge in [-0.3, -0.25) is 0 Å². The van der Waals surface area contributed by atoms with E-state index in [0.29, 0.717) is 0 Å². The zero-order valence-electron chi connectivity index (χ0n) is 10.2. The fourth-order valence-corrected chi connectivity index (χ4v) is 2.14. The Morgan fingerprint density at radius 2 is 2.12 bits per heavy atom. The van der Waals surface area contributed by atoms with Crippen molar-refractivity contribution < 1.29 is 14.4 Å². The van der Waals surface area contributed by atoms with E-state index in [2.05, 4.69) is 5.16 Å². The highest BCUT2D eigenvalue weighted by Crippen LogP contribution is 2.33. The minimum Gasteiger partial charge on any atom is -0.496 e. The highest BCUT2D eigenvalue weighted by Gasteiger charge is 2.23. The number of benzene rings is 1. The largest absolute Gasteiger partial charge is 0.496 e. The number of carbonyl (C=O) groups is 1. The van der Waals surface area contributed by atoms with Gasteiger partial charge in [0.1, 0.15) is 5.75 Å². The monoisotopic (exact) mass is 233 g/mol. The number of ether oxygens (including phenoxy) is 1. The van der Waals surface area contributed by atoms with Crippen LogP contribution in [0.4, 0.5) is 0 Å². The van der Waals surface area contributed by atoms with Crippen LogP contribution in [0.15, 0.2) is 17.3 Å². The summed E-state index contributed by atoms with van der Waals surface area (Å²) in [6, 6.07) is 3.99. The third kappa shape index (κ3) is 2.16. The van der Waals surface area contributed by atoms with Crippen LogP contribution in [-0.2, 0) is 16.1 Å². The lowest BCUT2D eigenvalue weighted by molar-refractivity contribution is -0.140. The van der Waals surface area contributed by atoms with Gasteiger partial charge in [0.05, 0.1) is 12.8 Å². The van der Waals surface area contributed by atoms with E-state index in [9.17, 15) is 4.79 Å². The first-order chi connectivity index (χ1) is 8.13. The molecule has 0 bridgehead atoms. The number of methoxy groups -OCH3 is 1. The van der Waals surface area contributed by atoms with Gasteiger partial charge in [-0.15, -0.1) is 0 Å². The highest BCUT2D eigenvalue weighted by molar-refractivity contribution is 6.05. The van der Waals surface area contributed by atoms with E-state index >= 15 is 0 Å². The molecule has 90 valence electrons. The topological polar surface area (TPSA) is 47.9 Å². The summed E-state index contributed by atoms with van der Waals surface area (Å²) in [5.74, 6) is 0.514. The minimum absolute atomic E-state index is 0.398. The van der Waals surface area contributed by atoms with E-state index in [4.69, 9.17) is 9.57 Å². The van der Waals surface area contributed by atoms with Crippen molar-refractivity contribution >= 4 is 11.7 Å². The molecule has 0 radical (unpaired) electrons. The predicted octanol–water partition coefficient (Wildman–Crippen LogP) is 2.22. The van der Waals surface area contributed by atoms with Crippen LogP contribution in [0.5, 0.6) is 5.75 Å². The van der Waals surface area contributed by atoms with Crippen molar-refractivity contribution in [3.05, 3.63) is 28.8 Å². The molecule has 0 atom stereocenters. The van der Waals surface area contributed by atoms with Crippen molar-refractivity contribution in [3.63, 3.8) is 0 Å². The molecule has 1 aliphatic rings. The molecule has 0 spiro atoms. The molecule has 4 nitrogen and oxygen atoms in total. The Balaban J connectivity index is 2.39. The number of hydrogen-bond acceptors (Lipinski definition) is 4. The van der Waals surface area contributed by atoms with Gasteiger partial charge in [0.2, 0.25) is 0 Å². The number of rotatable bonds is 2. The Hall–Kier alpha value is -1.84. The van der Waals surface area contributed by atoms with Gasteiger partial charge in [-0.2, -0.15) is 0 Å². The van der Waals surface area contributed by atoms with Crippen LogP contribution >= 0.6 is 0 Å². The van der Waals surface area contributed by atoms with E-state index in [0.717, 1.165) is 41.0 Å². The summed E-state index contributed by atoms with van der Waals surface area (Å²) in [6.45, 7) is 3.36. The molecule has 1 aromatic rings. The summed E-state index contributed by atoms with van der Waals surface area (Å²) in [4.78, 5) is 15.4. The van der Waals surface area contributed by atoms with Crippen LogP contribution in [0.3, 0.4) is 0 Å². The molecule has 1 aliphatic carbocycles. The number of carbonyl (C=O) groups excluding carboxylic acids is 1. The van der Waals surface area contributed by atoms with Crippen LogP contribution in [0, 0.1) is 6.92 Å². The van der Waals surface area contributed by atoms with Crippen LogP contribution in [0.25, 0.3) is 0 Å². The second kappa shape index (κ2) is 4.57. The van der Waals surface area contributed by atoms with Crippen LogP contribution in [-0.4, -0.2) is 18.8 Å². The number of hydrogen-bond donors (Lipinski definition) is 0. The Labute approximate surface area is 100 Å². The maximum absolute atomic E-state index is 10.7. The predicted molar refractivity (Wildman–Crippen MR) is 64.4 cm³/mol.